The molecule has 0 aromatic rings. The predicted octanol–water partition coefficient (Wildman–Crippen LogP) is 0.0878. The molecule has 4 nitrogen and oxygen atoms in total. The van der Waals surface area contributed by atoms with Gasteiger partial charge in [-0.1, -0.05) is 0 Å². The maximum Gasteiger partial charge on any atom is 0.334 e. The van der Waals surface area contributed by atoms with Gasteiger partial charge >= 0.3 is 5.97 Å². The average molecular weight is 165 g/mol. The van der Waals surface area contributed by atoms with Crippen molar-refractivity contribution < 1.29 is 18.6 Å². The van der Waals surface area contributed by atoms with Crippen LogP contribution in [-0.4, -0.2) is 25.1 Å². The quantitative estimate of drug-likeness (QED) is 0.437. The van der Waals surface area contributed by atoms with Gasteiger partial charge < -0.3 is 4.74 Å². The Bertz CT molecular complexity index is 150. The van der Waals surface area contributed by atoms with E-state index in [0.29, 0.717) is 0 Å². The van der Waals surface area contributed by atoms with Crippen molar-refractivity contribution in [2.45, 2.75) is 0 Å². The van der Waals surface area contributed by atoms with Crippen LogP contribution in [0.15, 0.2) is 6.08 Å². The first-order valence-electron chi connectivity index (χ1n) is 2.39. The van der Waals surface area contributed by atoms with E-state index in [4.69, 9.17) is 11.9 Å². The number of carbonyl (C=O) groups excluding carboxylic acids is 2. The van der Waals surface area contributed by atoms with Gasteiger partial charge in [0.15, 0.2) is 6.61 Å². The molecule has 0 bridgehead atoms. The Hall–Kier alpha value is -0.830. The standard InChI is InChI=1S/C5H5ClO4/c6-10-4-5(8)9-3-1-2-7/h1H,3-4H2. The smallest absolute Gasteiger partial charge is 0.334 e. The SMILES string of the molecule is O=C=CCOC(=O)COCl. The molecule has 5 heteroatoms. The topological polar surface area (TPSA) is 52.6 Å². The summed E-state index contributed by atoms with van der Waals surface area (Å²) < 4.78 is 8.28. The Morgan fingerprint density at radius 1 is 1.70 bits per heavy atom. The molecule has 0 radical (unpaired) electrons. The molecule has 0 N–H and O–H groups in total. The minimum absolute atomic E-state index is 0.0947. The Labute approximate surface area is 62.5 Å². The zero-order valence-corrected chi connectivity index (χ0v) is 5.76. The highest BCUT2D eigenvalue weighted by Gasteiger charge is 1.98. The molecule has 0 saturated carbocycles. The van der Waals surface area contributed by atoms with Gasteiger partial charge in [-0.25, -0.2) is 9.59 Å². The second-order valence-electron chi connectivity index (χ2n) is 1.26. The molecule has 0 fully saturated rings. The van der Waals surface area contributed by atoms with Crippen LogP contribution in [0.2, 0.25) is 0 Å². The zero-order valence-electron chi connectivity index (χ0n) is 5.00. The summed E-state index contributed by atoms with van der Waals surface area (Å²) >= 11 is 4.72. The fourth-order valence-electron chi connectivity index (χ4n) is 0.255. The number of ether oxygens (including phenoxy) is 1. The molecule has 0 unspecified atom stereocenters. The van der Waals surface area contributed by atoms with Gasteiger partial charge in [0.1, 0.15) is 12.5 Å². The zero-order chi connectivity index (χ0) is 7.82. The molecule has 0 aromatic carbocycles. The van der Waals surface area contributed by atoms with Crippen LogP contribution in [0.5, 0.6) is 0 Å². The molecule has 0 saturated heterocycles. The monoisotopic (exact) mass is 164 g/mol. The van der Waals surface area contributed by atoms with Crippen molar-refractivity contribution in [2.24, 2.45) is 0 Å². The molecule has 0 atom stereocenters. The third kappa shape index (κ3) is 5.31. The van der Waals surface area contributed by atoms with E-state index in [1.54, 1.807) is 0 Å². The lowest BCUT2D eigenvalue weighted by Gasteiger charge is -1.95. The van der Waals surface area contributed by atoms with Gasteiger partial charge in [0.05, 0.1) is 11.9 Å². The first kappa shape index (κ1) is 9.17. The van der Waals surface area contributed by atoms with Crippen molar-refractivity contribution in [2.75, 3.05) is 13.2 Å². The summed E-state index contributed by atoms with van der Waals surface area (Å²) in [5, 5.41) is 0. The van der Waals surface area contributed by atoms with Crippen LogP contribution in [0.3, 0.4) is 0 Å². The van der Waals surface area contributed by atoms with Crippen LogP contribution in [-0.2, 0) is 18.6 Å². The van der Waals surface area contributed by atoms with Gasteiger partial charge in [-0.05, 0) is 0 Å². The number of halogens is 1. The first-order chi connectivity index (χ1) is 4.81. The second kappa shape index (κ2) is 6.29. The van der Waals surface area contributed by atoms with Gasteiger partial charge in [0.2, 0.25) is 0 Å². The van der Waals surface area contributed by atoms with Crippen LogP contribution in [0.1, 0.15) is 0 Å². The Balaban J connectivity index is 3.30. The summed E-state index contributed by atoms with van der Waals surface area (Å²) in [7, 11) is 0. The summed E-state index contributed by atoms with van der Waals surface area (Å²) in [5.41, 5.74) is 0. The Kier molecular flexibility index (Phi) is 5.77. The summed E-state index contributed by atoms with van der Waals surface area (Å²) in [6.45, 7) is -0.420. The molecular formula is C5H5ClO4. The predicted molar refractivity (Wildman–Crippen MR) is 33.0 cm³/mol. The normalized spacial score (nSPS) is 8.10. The van der Waals surface area contributed by atoms with Crippen LogP contribution >= 0.6 is 11.9 Å². The maximum absolute atomic E-state index is 10.3. The van der Waals surface area contributed by atoms with Gasteiger partial charge in [-0.15, -0.1) is 0 Å². The molecule has 56 valence electrons. The molecule has 0 aromatic heterocycles. The van der Waals surface area contributed by atoms with E-state index in [2.05, 4.69) is 9.03 Å². The van der Waals surface area contributed by atoms with Crippen LogP contribution in [0, 0.1) is 0 Å². The number of hydrogen-bond donors (Lipinski definition) is 0. The minimum Gasteiger partial charge on any atom is -0.459 e. The van der Waals surface area contributed by atoms with E-state index in [9.17, 15) is 9.59 Å². The fraction of sp³-hybridized carbons (Fsp3) is 0.400. The number of carbonyl (C=O) groups is 1. The molecule has 0 amide bonds. The van der Waals surface area contributed by atoms with E-state index < -0.39 is 5.97 Å². The highest BCUT2D eigenvalue weighted by molar-refractivity contribution is 6.08. The highest BCUT2D eigenvalue weighted by Crippen LogP contribution is 1.83. The van der Waals surface area contributed by atoms with Crippen molar-refractivity contribution in [1.82, 2.24) is 0 Å². The van der Waals surface area contributed by atoms with Gasteiger partial charge in [-0.2, -0.15) is 0 Å². The van der Waals surface area contributed by atoms with Crippen LogP contribution in [0.25, 0.3) is 0 Å². The lowest BCUT2D eigenvalue weighted by atomic mass is 10.6. The average Bonchev–Trinajstić information content (AvgIpc) is 1.89. The van der Waals surface area contributed by atoms with Crippen LogP contribution in [0.4, 0.5) is 0 Å². The minimum atomic E-state index is -0.624. The summed E-state index contributed by atoms with van der Waals surface area (Å²) in [5.74, 6) is 0.816. The van der Waals surface area contributed by atoms with E-state index in [1.807, 2.05) is 0 Å². The van der Waals surface area contributed by atoms with E-state index in [1.165, 1.54) is 5.94 Å². The summed E-state index contributed by atoms with van der Waals surface area (Å²) in [6, 6.07) is 0. The lowest BCUT2D eigenvalue weighted by Crippen LogP contribution is -2.09. The largest absolute Gasteiger partial charge is 0.459 e. The molecule has 0 spiro atoms. The Morgan fingerprint density at radius 3 is 2.90 bits per heavy atom. The number of rotatable bonds is 4. The molecule has 0 aliphatic carbocycles. The molecule has 10 heavy (non-hydrogen) atoms. The van der Waals surface area contributed by atoms with E-state index in [0.717, 1.165) is 6.08 Å². The van der Waals surface area contributed by atoms with Crippen molar-refractivity contribution in [3.05, 3.63) is 6.08 Å². The van der Waals surface area contributed by atoms with Gasteiger partial charge in [-0.3, -0.25) is 4.29 Å². The summed E-state index contributed by atoms with van der Waals surface area (Å²) in [4.78, 5) is 19.9. The van der Waals surface area contributed by atoms with Crippen molar-refractivity contribution >= 4 is 23.8 Å². The molecule has 0 heterocycles. The molecule has 0 aliphatic rings. The van der Waals surface area contributed by atoms with E-state index in [-0.39, 0.29) is 13.2 Å². The molecule has 0 aliphatic heterocycles. The molecule has 0 rings (SSSR count). The number of esters is 1. The fourth-order valence-corrected chi connectivity index (χ4v) is 0.344. The third-order valence-electron chi connectivity index (χ3n) is 0.583. The van der Waals surface area contributed by atoms with Crippen molar-refractivity contribution in [3.63, 3.8) is 0 Å². The summed E-state index contributed by atoms with van der Waals surface area (Å²) in [6.07, 6.45) is 1.03. The van der Waals surface area contributed by atoms with Gasteiger partial charge in [0.25, 0.3) is 0 Å². The third-order valence-corrected chi connectivity index (χ3v) is 0.693. The van der Waals surface area contributed by atoms with Gasteiger partial charge in [0, 0.05) is 6.08 Å². The Morgan fingerprint density at radius 2 is 2.40 bits per heavy atom. The van der Waals surface area contributed by atoms with E-state index >= 15 is 0 Å². The molecular weight excluding hydrogens is 160 g/mol. The lowest BCUT2D eigenvalue weighted by molar-refractivity contribution is -0.144. The van der Waals surface area contributed by atoms with Crippen LogP contribution < -0.4 is 0 Å². The first-order valence-corrected chi connectivity index (χ1v) is 2.70. The second-order valence-corrected chi connectivity index (χ2v) is 1.48. The van der Waals surface area contributed by atoms with Crippen molar-refractivity contribution in [1.29, 1.82) is 0 Å². The number of hydrogen-bond acceptors (Lipinski definition) is 4. The highest BCUT2D eigenvalue weighted by atomic mass is 35.5. The maximum atomic E-state index is 10.3. The van der Waals surface area contributed by atoms with Crippen molar-refractivity contribution in [3.8, 4) is 0 Å².